The van der Waals surface area contributed by atoms with E-state index in [1.54, 1.807) is 0 Å². The molecule has 3 nitrogen and oxygen atoms in total. The lowest BCUT2D eigenvalue weighted by atomic mass is 10.6. The predicted octanol–water partition coefficient (Wildman–Crippen LogP) is 3.27. The van der Waals surface area contributed by atoms with Crippen LogP contribution in [-0.2, 0) is 13.6 Å². The summed E-state index contributed by atoms with van der Waals surface area (Å²) >= 11 is 0. The van der Waals surface area contributed by atoms with Gasteiger partial charge in [-0.2, -0.15) is 22.0 Å². The topological polar surface area (TPSA) is 35.5 Å². The molecule has 1 unspecified atom stereocenters. The smallest absolute Gasteiger partial charge is 0.284 e. The van der Waals surface area contributed by atoms with Gasteiger partial charge in [-0.25, -0.2) is 9.09 Å². The van der Waals surface area contributed by atoms with E-state index in [1.165, 1.54) is 0 Å². The Morgan fingerprint density at radius 1 is 1.21 bits per heavy atom. The molecule has 0 aliphatic carbocycles. The van der Waals surface area contributed by atoms with E-state index in [-0.39, 0.29) is 0 Å². The molecule has 0 fully saturated rings. The average molecular weight is 246 g/mol. The Kier molecular flexibility index (Phi) is 4.00. The highest BCUT2D eigenvalue weighted by atomic mass is 31.2. The lowest BCUT2D eigenvalue weighted by Gasteiger charge is -2.20. The number of rotatable bonds is 4. The number of hydrogen-bond donors (Lipinski definition) is 0. The van der Waals surface area contributed by atoms with Crippen LogP contribution in [0.3, 0.4) is 0 Å². The molecule has 0 saturated heterocycles. The molecule has 0 aliphatic heterocycles. The summed E-state index contributed by atoms with van der Waals surface area (Å²) in [5.74, 6) is 0. The maximum atomic E-state index is 12.2. The van der Waals surface area contributed by atoms with Crippen molar-refractivity contribution in [1.29, 1.82) is 0 Å². The molecule has 0 spiro atoms. The van der Waals surface area contributed by atoms with Gasteiger partial charge < -0.3 is 0 Å². The number of alkyl halides is 5. The van der Waals surface area contributed by atoms with Crippen molar-refractivity contribution in [2.45, 2.75) is 19.2 Å². The van der Waals surface area contributed by atoms with Crippen molar-refractivity contribution < 1.29 is 39.8 Å². The van der Waals surface area contributed by atoms with Crippen molar-refractivity contribution in [2.75, 3.05) is 6.61 Å². The van der Waals surface area contributed by atoms with E-state index in [0.717, 1.165) is 6.92 Å². The molecule has 0 rings (SSSR count). The first-order valence-corrected chi connectivity index (χ1v) is 4.55. The van der Waals surface area contributed by atoms with Gasteiger partial charge in [-0.05, 0) is 6.92 Å². The Balaban J connectivity index is 4.59. The summed E-state index contributed by atoms with van der Waals surface area (Å²) in [6.07, 6.45) is -12.0. The Hall–Kier alpha value is -0.270. The van der Waals surface area contributed by atoms with Crippen molar-refractivity contribution in [2.24, 2.45) is 0 Å². The second kappa shape index (κ2) is 4.08. The third-order valence-electron chi connectivity index (χ3n) is 0.837. The molecule has 0 N–H and O–H groups in total. The second-order valence-electron chi connectivity index (χ2n) is 1.95. The molecule has 86 valence electrons. The molecule has 0 saturated carbocycles. The Morgan fingerprint density at radius 2 is 1.64 bits per heavy atom. The highest BCUT2D eigenvalue weighted by Gasteiger charge is 2.63. The minimum absolute atomic E-state index is 0.665. The van der Waals surface area contributed by atoms with Gasteiger partial charge in [0.2, 0.25) is 0 Å². The van der Waals surface area contributed by atoms with Crippen LogP contribution >= 0.6 is 7.91 Å². The minimum atomic E-state index is -6.15. The van der Waals surface area contributed by atoms with Crippen LogP contribution in [0.25, 0.3) is 0 Å². The molecule has 0 aromatic rings. The third kappa shape index (κ3) is 3.85. The van der Waals surface area contributed by atoms with E-state index in [0.29, 0.717) is 0 Å². The van der Waals surface area contributed by atoms with Crippen LogP contribution in [0.15, 0.2) is 0 Å². The molecule has 1 atom stereocenters. The van der Waals surface area contributed by atoms with Gasteiger partial charge in [0.25, 0.3) is 0 Å². The van der Waals surface area contributed by atoms with Gasteiger partial charge in [0.15, 0.2) is 0 Å². The standard InChI is InChI=1S/C4H5F6O3P/c1-2-12-14(10,11)13-4(8,9)3(5,6)7/h2H2,1H3. The third-order valence-corrected chi connectivity index (χ3v) is 1.85. The predicted molar refractivity (Wildman–Crippen MR) is 32.4 cm³/mol. The Labute approximate surface area is 74.6 Å². The summed E-state index contributed by atoms with van der Waals surface area (Å²) in [6.45, 7) is 0.378. The zero-order chi connectivity index (χ0) is 11.6. The van der Waals surface area contributed by atoms with Gasteiger partial charge in [0.1, 0.15) is 0 Å². The quantitative estimate of drug-likeness (QED) is 0.564. The Bertz CT molecular complexity index is 238. The van der Waals surface area contributed by atoms with Crippen LogP contribution in [0.4, 0.5) is 26.1 Å². The molecule has 0 heterocycles. The van der Waals surface area contributed by atoms with Gasteiger partial charge in [-0.3, -0.25) is 4.52 Å². The second-order valence-corrected chi connectivity index (χ2v) is 3.26. The molecular weight excluding hydrogens is 241 g/mol. The van der Waals surface area contributed by atoms with Crippen molar-refractivity contribution in [1.82, 2.24) is 0 Å². The summed E-state index contributed by atoms with van der Waals surface area (Å²) in [4.78, 5) is 0. The summed E-state index contributed by atoms with van der Waals surface area (Å²) in [5.41, 5.74) is 0. The van der Waals surface area contributed by atoms with E-state index in [2.05, 4.69) is 9.05 Å². The lowest BCUT2D eigenvalue weighted by molar-refractivity contribution is -0.364. The van der Waals surface area contributed by atoms with Gasteiger partial charge in [-0.15, -0.1) is 4.20 Å². The molecule has 0 aromatic heterocycles. The molecule has 10 heteroatoms. The van der Waals surface area contributed by atoms with Crippen LogP contribution in [0, 0.1) is 0 Å². The van der Waals surface area contributed by atoms with Crippen LogP contribution in [-0.4, -0.2) is 18.9 Å². The van der Waals surface area contributed by atoms with Gasteiger partial charge in [-0.1, -0.05) is 0 Å². The van der Waals surface area contributed by atoms with Crippen LogP contribution in [0.5, 0.6) is 0 Å². The number of halogens is 6. The largest absolute Gasteiger partial charge is 0.518 e. The van der Waals surface area contributed by atoms with Crippen molar-refractivity contribution in [3.05, 3.63) is 0 Å². The Morgan fingerprint density at radius 3 is 1.93 bits per heavy atom. The maximum absolute atomic E-state index is 12.2. The first-order chi connectivity index (χ1) is 6.02. The molecule has 14 heavy (non-hydrogen) atoms. The van der Waals surface area contributed by atoms with E-state index >= 15 is 0 Å². The molecular formula is C4H5F6O3P. The van der Waals surface area contributed by atoms with E-state index in [1.807, 2.05) is 0 Å². The molecule has 0 aromatic carbocycles. The maximum Gasteiger partial charge on any atom is 0.518 e. The summed E-state index contributed by atoms with van der Waals surface area (Å²) in [5, 5.41) is 0. The summed E-state index contributed by atoms with van der Waals surface area (Å²) in [7, 11) is -5.88. The molecule has 0 amide bonds. The highest BCUT2D eigenvalue weighted by Crippen LogP contribution is 2.56. The normalized spacial score (nSPS) is 17.9. The van der Waals surface area contributed by atoms with Crippen molar-refractivity contribution in [3.8, 4) is 0 Å². The van der Waals surface area contributed by atoms with Gasteiger partial charge in [0, 0.05) is 0 Å². The molecule has 0 bridgehead atoms. The summed E-state index contributed by atoms with van der Waals surface area (Å²) < 4.78 is 86.3. The van der Waals surface area contributed by atoms with Gasteiger partial charge >= 0.3 is 20.2 Å². The molecule has 0 radical (unpaired) electrons. The van der Waals surface area contributed by atoms with E-state index in [4.69, 9.17) is 0 Å². The molecule has 0 aliphatic rings. The first kappa shape index (κ1) is 13.7. The van der Waals surface area contributed by atoms with Crippen LogP contribution < -0.4 is 0 Å². The highest BCUT2D eigenvalue weighted by molar-refractivity contribution is 7.48. The lowest BCUT2D eigenvalue weighted by Crippen LogP contribution is -2.38. The fourth-order valence-corrected chi connectivity index (χ4v) is 1.11. The van der Waals surface area contributed by atoms with Crippen LogP contribution in [0.2, 0.25) is 0 Å². The average Bonchev–Trinajstić information content (AvgIpc) is 1.80. The first-order valence-electron chi connectivity index (χ1n) is 3.11. The minimum Gasteiger partial charge on any atom is -0.284 e. The monoisotopic (exact) mass is 246 g/mol. The zero-order valence-corrected chi connectivity index (χ0v) is 7.54. The van der Waals surface area contributed by atoms with Crippen molar-refractivity contribution >= 4 is 7.91 Å². The van der Waals surface area contributed by atoms with Gasteiger partial charge in [0.05, 0.1) is 6.61 Å². The van der Waals surface area contributed by atoms with E-state index in [9.17, 15) is 30.7 Å². The number of hydrogen-bond acceptors (Lipinski definition) is 3. The van der Waals surface area contributed by atoms with Crippen LogP contribution in [0.1, 0.15) is 6.92 Å². The summed E-state index contributed by atoms with van der Waals surface area (Å²) in [6, 6.07) is 0. The zero-order valence-electron chi connectivity index (χ0n) is 6.65. The fourth-order valence-electron chi connectivity index (χ4n) is 0.369. The SMILES string of the molecule is CCOP(=O)(F)OC(F)(F)C(F)(F)F. The van der Waals surface area contributed by atoms with E-state index < -0.39 is 26.8 Å². The fraction of sp³-hybridized carbons (Fsp3) is 1.00. The van der Waals surface area contributed by atoms with Crippen molar-refractivity contribution in [3.63, 3.8) is 0 Å².